The van der Waals surface area contributed by atoms with E-state index in [0.29, 0.717) is 0 Å². The topological polar surface area (TPSA) is 3.24 Å². The molecule has 0 bridgehead atoms. The normalized spacial score (nSPS) is 13.8. The highest BCUT2D eigenvalue weighted by Gasteiger charge is 2.56. The zero-order chi connectivity index (χ0) is 18.3. The van der Waals surface area contributed by atoms with E-state index in [1.807, 2.05) is 6.08 Å². The van der Waals surface area contributed by atoms with Crippen LogP contribution in [0.3, 0.4) is 0 Å². The summed E-state index contributed by atoms with van der Waals surface area (Å²) in [6.07, 6.45) is 1.96. The van der Waals surface area contributed by atoms with Crippen molar-refractivity contribution in [1.82, 2.24) is 0 Å². The molecular formula is C20H37NSi2. The first-order valence-electron chi connectivity index (χ1n) is 8.69. The maximum Gasteiger partial charge on any atom is 0.155 e. The summed E-state index contributed by atoms with van der Waals surface area (Å²) >= 11 is 0. The summed E-state index contributed by atoms with van der Waals surface area (Å²) in [5.74, 6) is 0. The lowest BCUT2D eigenvalue weighted by atomic mass is 10.2. The molecule has 0 fully saturated rings. The maximum absolute atomic E-state index is 3.96. The van der Waals surface area contributed by atoms with Gasteiger partial charge in [-0.25, -0.2) is 0 Å². The van der Waals surface area contributed by atoms with E-state index in [0.717, 1.165) is 0 Å². The van der Waals surface area contributed by atoms with E-state index >= 15 is 0 Å². The highest BCUT2D eigenvalue weighted by atomic mass is 28.4. The molecule has 0 aliphatic carbocycles. The van der Waals surface area contributed by atoms with Gasteiger partial charge >= 0.3 is 0 Å². The van der Waals surface area contributed by atoms with Gasteiger partial charge in [-0.3, -0.25) is 0 Å². The van der Waals surface area contributed by atoms with Crippen molar-refractivity contribution in [3.63, 3.8) is 0 Å². The van der Waals surface area contributed by atoms with Crippen LogP contribution in [0.25, 0.3) is 6.08 Å². The van der Waals surface area contributed by atoms with Crippen molar-refractivity contribution in [3.8, 4) is 0 Å². The molecule has 0 aliphatic heterocycles. The van der Waals surface area contributed by atoms with Crippen LogP contribution in [-0.2, 0) is 0 Å². The van der Waals surface area contributed by atoms with Crippen LogP contribution in [0.2, 0.25) is 36.3 Å². The Morgan fingerprint density at radius 1 is 0.913 bits per heavy atom. The van der Waals surface area contributed by atoms with Gasteiger partial charge in [0.2, 0.25) is 0 Å². The zero-order valence-corrected chi connectivity index (χ0v) is 19.0. The molecule has 0 heterocycles. The van der Waals surface area contributed by atoms with E-state index in [4.69, 9.17) is 0 Å². The Hall–Kier alpha value is -0.806. The van der Waals surface area contributed by atoms with E-state index in [1.54, 1.807) is 0 Å². The predicted molar refractivity (Wildman–Crippen MR) is 113 cm³/mol. The molecule has 1 aromatic rings. The SMILES string of the molecule is C=Cc1cccc(N([Si](C)(C)C)[Si](C)(C(C)(C)C)C(C)(C)C)c1. The van der Waals surface area contributed by atoms with Gasteiger partial charge < -0.3 is 4.23 Å². The lowest BCUT2D eigenvalue weighted by Gasteiger charge is -2.61. The Morgan fingerprint density at radius 2 is 1.39 bits per heavy atom. The van der Waals surface area contributed by atoms with Gasteiger partial charge in [0.05, 0.1) is 0 Å². The standard InChI is InChI=1S/C20H37NSi2/c1-12-17-14-13-15-18(16-17)21(22(8,9)10)23(11,19(2,3)4)20(5,6)7/h12-16H,1H2,2-11H3. The Labute approximate surface area is 147 Å². The van der Waals surface area contributed by atoms with Crippen molar-refractivity contribution in [1.29, 1.82) is 0 Å². The Morgan fingerprint density at radius 3 is 1.74 bits per heavy atom. The lowest BCUT2D eigenvalue weighted by molar-refractivity contribution is 0.613. The molecule has 0 atom stereocenters. The van der Waals surface area contributed by atoms with Crippen LogP contribution in [0, 0.1) is 0 Å². The van der Waals surface area contributed by atoms with Crippen LogP contribution in [0.5, 0.6) is 0 Å². The summed E-state index contributed by atoms with van der Waals surface area (Å²) in [5, 5.41) is 0.575. The summed E-state index contributed by atoms with van der Waals surface area (Å²) in [5.41, 5.74) is 2.60. The summed E-state index contributed by atoms with van der Waals surface area (Å²) in [7, 11) is -3.39. The summed E-state index contributed by atoms with van der Waals surface area (Å²) in [6, 6.07) is 8.95. The Bertz CT molecular complexity index is 542. The molecule has 0 saturated heterocycles. The van der Waals surface area contributed by atoms with Gasteiger partial charge in [-0.1, -0.05) is 92.5 Å². The van der Waals surface area contributed by atoms with Crippen LogP contribution in [0.4, 0.5) is 5.69 Å². The van der Waals surface area contributed by atoms with E-state index in [-0.39, 0.29) is 10.1 Å². The Kier molecular flexibility index (Phi) is 5.50. The van der Waals surface area contributed by atoms with Crippen molar-refractivity contribution < 1.29 is 0 Å². The minimum Gasteiger partial charge on any atom is -0.424 e. The predicted octanol–water partition coefficient (Wildman–Crippen LogP) is 7.15. The summed E-state index contributed by atoms with van der Waals surface area (Å²) in [6.45, 7) is 28.6. The first-order valence-corrected chi connectivity index (χ1v) is 14.6. The number of rotatable bonds is 4. The second-order valence-corrected chi connectivity index (χ2v) is 20.7. The quantitative estimate of drug-likeness (QED) is 0.523. The van der Waals surface area contributed by atoms with Gasteiger partial charge in [0, 0.05) is 5.69 Å². The number of hydrogen-bond acceptors (Lipinski definition) is 1. The number of hydrogen-bond donors (Lipinski definition) is 0. The van der Waals surface area contributed by atoms with Gasteiger partial charge in [-0.15, -0.1) is 0 Å². The van der Waals surface area contributed by atoms with Gasteiger partial charge in [-0.05, 0) is 27.8 Å². The van der Waals surface area contributed by atoms with E-state index in [9.17, 15) is 0 Å². The minimum atomic E-state index is -1.83. The molecule has 23 heavy (non-hydrogen) atoms. The maximum atomic E-state index is 3.96. The van der Waals surface area contributed by atoms with Crippen LogP contribution in [0.15, 0.2) is 30.8 Å². The van der Waals surface area contributed by atoms with Crippen LogP contribution in [0.1, 0.15) is 47.1 Å². The van der Waals surface area contributed by atoms with E-state index in [1.165, 1.54) is 11.3 Å². The smallest absolute Gasteiger partial charge is 0.155 e. The van der Waals surface area contributed by atoms with E-state index < -0.39 is 16.5 Å². The molecule has 0 aliphatic rings. The Balaban J connectivity index is 3.73. The average molecular weight is 348 g/mol. The third-order valence-corrected chi connectivity index (χ3v) is 17.4. The van der Waals surface area contributed by atoms with Crippen molar-refractivity contribution in [2.75, 3.05) is 4.23 Å². The largest absolute Gasteiger partial charge is 0.424 e. The molecule has 0 saturated carbocycles. The van der Waals surface area contributed by atoms with Crippen molar-refractivity contribution in [3.05, 3.63) is 36.4 Å². The van der Waals surface area contributed by atoms with Crippen LogP contribution in [-0.4, -0.2) is 16.5 Å². The molecular weight excluding hydrogens is 310 g/mol. The first-order chi connectivity index (χ1) is 10.2. The molecule has 1 nitrogen and oxygen atoms in total. The van der Waals surface area contributed by atoms with Crippen molar-refractivity contribution in [2.24, 2.45) is 0 Å². The summed E-state index contributed by atoms with van der Waals surface area (Å²) < 4.78 is 2.90. The molecule has 0 aromatic heterocycles. The molecule has 130 valence electrons. The van der Waals surface area contributed by atoms with E-state index in [2.05, 4.69) is 103 Å². The zero-order valence-electron chi connectivity index (χ0n) is 17.0. The van der Waals surface area contributed by atoms with Gasteiger partial charge in [0.15, 0.2) is 8.24 Å². The number of nitrogens with zero attached hydrogens (tertiary/aromatic N) is 1. The minimum absolute atomic E-state index is 0.287. The van der Waals surface area contributed by atoms with Gasteiger partial charge in [-0.2, -0.15) is 0 Å². The molecule has 0 amide bonds. The average Bonchev–Trinajstić information content (AvgIpc) is 2.34. The molecule has 0 radical (unpaired) electrons. The molecule has 1 aromatic carbocycles. The molecule has 0 spiro atoms. The lowest BCUT2D eigenvalue weighted by Crippen LogP contribution is -2.70. The number of anilines is 1. The number of benzene rings is 1. The highest BCUT2D eigenvalue weighted by molar-refractivity contribution is 7.02. The van der Waals surface area contributed by atoms with Crippen molar-refractivity contribution >= 4 is 28.2 Å². The van der Waals surface area contributed by atoms with Crippen molar-refractivity contribution in [2.45, 2.75) is 77.8 Å². The summed E-state index contributed by atoms with van der Waals surface area (Å²) in [4.78, 5) is 0. The van der Waals surface area contributed by atoms with Gasteiger partial charge in [0.1, 0.15) is 8.24 Å². The highest BCUT2D eigenvalue weighted by Crippen LogP contribution is 2.55. The monoisotopic (exact) mass is 347 g/mol. The third-order valence-electron chi connectivity index (χ3n) is 5.40. The molecule has 3 heteroatoms. The first kappa shape index (κ1) is 20.2. The van der Waals surface area contributed by atoms with Crippen LogP contribution >= 0.6 is 0 Å². The second kappa shape index (κ2) is 6.25. The van der Waals surface area contributed by atoms with Crippen LogP contribution < -0.4 is 4.23 Å². The molecule has 0 unspecified atom stereocenters. The third kappa shape index (κ3) is 3.82. The fourth-order valence-corrected chi connectivity index (χ4v) is 16.4. The molecule has 0 N–H and O–H groups in total. The fraction of sp³-hybridized carbons (Fsp3) is 0.600. The second-order valence-electron chi connectivity index (χ2n) is 9.88. The molecule has 1 rings (SSSR count). The fourth-order valence-electron chi connectivity index (χ4n) is 3.90. The van der Waals surface area contributed by atoms with Gasteiger partial charge in [0.25, 0.3) is 0 Å².